The lowest BCUT2D eigenvalue weighted by Gasteiger charge is -2.30. The van der Waals surface area contributed by atoms with Crippen molar-refractivity contribution in [2.45, 2.75) is 18.2 Å². The lowest BCUT2D eigenvalue weighted by Crippen LogP contribution is -2.27. The van der Waals surface area contributed by atoms with Gasteiger partial charge < -0.3 is 19.6 Å². The Labute approximate surface area is 111 Å². The average Bonchev–Trinajstić information content (AvgIpc) is 2.26. The topological polar surface area (TPSA) is 115 Å². The van der Waals surface area contributed by atoms with Crippen molar-refractivity contribution in [3.05, 3.63) is 42.0 Å². The molecule has 4 N–H and O–H groups in total. The van der Waals surface area contributed by atoms with E-state index in [9.17, 15) is 28.7 Å². The van der Waals surface area contributed by atoms with Crippen LogP contribution in [-0.4, -0.2) is 24.5 Å². The van der Waals surface area contributed by atoms with E-state index in [0.29, 0.717) is 11.1 Å². The maximum atomic E-state index is 11.4. The van der Waals surface area contributed by atoms with Crippen molar-refractivity contribution in [3.63, 3.8) is 0 Å². The largest absolute Gasteiger partial charge is 0.343 e. The van der Waals surface area contributed by atoms with Gasteiger partial charge >= 0.3 is 15.2 Å². The van der Waals surface area contributed by atoms with E-state index in [0.717, 1.165) is 6.92 Å². The van der Waals surface area contributed by atoms with E-state index in [1.807, 2.05) is 0 Å². The summed E-state index contributed by atoms with van der Waals surface area (Å²) in [4.78, 5) is 34.6. The van der Waals surface area contributed by atoms with Crippen LogP contribution in [0.2, 0.25) is 0 Å². The molecule has 0 spiro atoms. The summed E-state index contributed by atoms with van der Waals surface area (Å²) in [7, 11) is -9.97. The second-order valence-corrected chi connectivity index (χ2v) is 8.93. The molecular weight excluding hydrogens is 290 g/mol. The second-order valence-electron chi connectivity index (χ2n) is 4.43. The van der Waals surface area contributed by atoms with Crippen molar-refractivity contribution >= 4 is 21.3 Å². The highest BCUT2D eigenvalue weighted by Gasteiger charge is 2.56. The third kappa shape index (κ3) is 3.42. The molecule has 0 aliphatic heterocycles. The monoisotopic (exact) mass is 306 g/mol. The van der Waals surface area contributed by atoms with Crippen molar-refractivity contribution < 1.29 is 28.7 Å². The van der Waals surface area contributed by atoms with Crippen LogP contribution in [0.1, 0.15) is 18.1 Å². The summed E-state index contributed by atoms with van der Waals surface area (Å²) < 4.78 is 22.9. The fourth-order valence-corrected chi connectivity index (χ4v) is 3.73. The Hall–Kier alpha value is -0.740. The Kier molecular flexibility index (Phi) is 4.58. The standard InChI is InChI=1S/C11H16O6P2/c1-3-9-5-4-6-10(7-9)8-11(2,18(12,13)14)19(15,16)17/h3-7H,1,8H2,2H3,(H2,12,13,14)(H2,15,16,17). The van der Waals surface area contributed by atoms with Gasteiger partial charge in [0.2, 0.25) is 0 Å². The zero-order valence-corrected chi connectivity index (χ0v) is 12.1. The molecule has 0 fully saturated rings. The Bertz CT molecular complexity index is 548. The molecule has 0 aliphatic carbocycles. The molecule has 0 saturated heterocycles. The van der Waals surface area contributed by atoms with E-state index >= 15 is 0 Å². The second kappa shape index (κ2) is 5.33. The van der Waals surface area contributed by atoms with Gasteiger partial charge in [-0.15, -0.1) is 0 Å². The Balaban J connectivity index is 3.27. The summed E-state index contributed by atoms with van der Waals surface area (Å²) in [6.07, 6.45) is 1.11. The van der Waals surface area contributed by atoms with Gasteiger partial charge in [0.1, 0.15) is 0 Å². The number of hydrogen-bond donors (Lipinski definition) is 4. The van der Waals surface area contributed by atoms with Crippen molar-refractivity contribution in [2.24, 2.45) is 0 Å². The van der Waals surface area contributed by atoms with Crippen molar-refractivity contribution in [1.82, 2.24) is 0 Å². The maximum Gasteiger partial charge on any atom is 0.343 e. The predicted octanol–water partition coefficient (Wildman–Crippen LogP) is 1.94. The summed E-state index contributed by atoms with van der Waals surface area (Å²) in [5.41, 5.74) is 1.13. The average molecular weight is 306 g/mol. The van der Waals surface area contributed by atoms with E-state index in [2.05, 4.69) is 6.58 Å². The van der Waals surface area contributed by atoms with Crippen LogP contribution in [0.25, 0.3) is 6.08 Å². The lowest BCUT2D eigenvalue weighted by atomic mass is 10.1. The Morgan fingerprint density at radius 2 is 1.74 bits per heavy atom. The Morgan fingerprint density at radius 3 is 2.16 bits per heavy atom. The van der Waals surface area contributed by atoms with Gasteiger partial charge in [0.15, 0.2) is 4.90 Å². The fraction of sp³-hybridized carbons (Fsp3) is 0.273. The molecule has 0 radical (unpaired) electrons. The quantitative estimate of drug-likeness (QED) is 0.618. The molecule has 0 saturated carbocycles. The van der Waals surface area contributed by atoms with Crippen LogP contribution in [0.5, 0.6) is 0 Å². The highest BCUT2D eigenvalue weighted by atomic mass is 31.2. The van der Waals surface area contributed by atoms with E-state index in [4.69, 9.17) is 0 Å². The maximum absolute atomic E-state index is 11.4. The first kappa shape index (κ1) is 16.3. The molecule has 1 aromatic carbocycles. The van der Waals surface area contributed by atoms with Crippen LogP contribution in [0.4, 0.5) is 0 Å². The van der Waals surface area contributed by atoms with Crippen LogP contribution in [0, 0.1) is 0 Å². The summed E-state index contributed by atoms with van der Waals surface area (Å²) in [5, 5.41) is 0. The predicted molar refractivity (Wildman–Crippen MR) is 72.7 cm³/mol. The number of benzene rings is 1. The van der Waals surface area contributed by atoms with Gasteiger partial charge in [-0.2, -0.15) is 0 Å². The SMILES string of the molecule is C=Cc1cccc(CC(C)(P(=O)(O)O)P(=O)(O)O)c1. The van der Waals surface area contributed by atoms with E-state index in [1.54, 1.807) is 24.3 Å². The number of hydrogen-bond acceptors (Lipinski definition) is 2. The van der Waals surface area contributed by atoms with Crippen LogP contribution in [0.15, 0.2) is 30.8 Å². The summed E-state index contributed by atoms with van der Waals surface area (Å²) in [6, 6.07) is 6.49. The smallest absolute Gasteiger partial charge is 0.324 e. The van der Waals surface area contributed by atoms with Crippen LogP contribution >= 0.6 is 15.2 Å². The van der Waals surface area contributed by atoms with Crippen molar-refractivity contribution in [2.75, 3.05) is 0 Å². The van der Waals surface area contributed by atoms with E-state index in [-0.39, 0.29) is 0 Å². The van der Waals surface area contributed by atoms with Crippen LogP contribution in [0.3, 0.4) is 0 Å². The molecular formula is C11H16O6P2. The summed E-state index contributed by atoms with van der Waals surface area (Å²) >= 11 is 0. The molecule has 0 heterocycles. The molecule has 1 rings (SSSR count). The van der Waals surface area contributed by atoms with Crippen LogP contribution < -0.4 is 0 Å². The fourth-order valence-electron chi connectivity index (χ4n) is 1.59. The zero-order valence-electron chi connectivity index (χ0n) is 10.3. The highest BCUT2D eigenvalue weighted by molar-refractivity contribution is 7.72. The minimum atomic E-state index is -4.99. The zero-order chi connectivity index (χ0) is 14.9. The van der Waals surface area contributed by atoms with Gasteiger partial charge in [-0.3, -0.25) is 9.13 Å². The molecule has 0 bridgehead atoms. The first-order valence-corrected chi connectivity index (χ1v) is 8.56. The molecule has 19 heavy (non-hydrogen) atoms. The van der Waals surface area contributed by atoms with Gasteiger partial charge in [0.25, 0.3) is 0 Å². The van der Waals surface area contributed by atoms with Gasteiger partial charge in [-0.25, -0.2) is 0 Å². The molecule has 0 aromatic heterocycles. The third-order valence-electron chi connectivity index (χ3n) is 2.98. The van der Waals surface area contributed by atoms with E-state index < -0.39 is 26.5 Å². The van der Waals surface area contributed by atoms with Crippen molar-refractivity contribution in [3.8, 4) is 0 Å². The molecule has 0 unspecified atom stereocenters. The normalized spacial score (nSPS) is 13.3. The molecule has 1 aromatic rings. The first-order chi connectivity index (χ1) is 8.51. The third-order valence-corrected chi connectivity index (χ3v) is 7.37. The van der Waals surface area contributed by atoms with Gasteiger partial charge in [0.05, 0.1) is 0 Å². The first-order valence-electron chi connectivity index (χ1n) is 5.34. The lowest BCUT2D eigenvalue weighted by molar-refractivity contribution is 0.312. The van der Waals surface area contributed by atoms with Gasteiger partial charge in [-0.1, -0.05) is 36.9 Å². The minimum Gasteiger partial charge on any atom is -0.324 e. The summed E-state index contributed by atoms with van der Waals surface area (Å²) in [6.45, 7) is 4.46. The van der Waals surface area contributed by atoms with Crippen molar-refractivity contribution in [1.29, 1.82) is 0 Å². The Morgan fingerprint density at radius 1 is 1.21 bits per heavy atom. The summed E-state index contributed by atoms with van der Waals surface area (Å²) in [5.74, 6) is 0. The molecule has 0 atom stereocenters. The van der Waals surface area contributed by atoms with Gasteiger partial charge in [-0.05, 0) is 18.1 Å². The molecule has 8 heteroatoms. The molecule has 0 aliphatic rings. The number of rotatable bonds is 5. The molecule has 106 valence electrons. The van der Waals surface area contributed by atoms with E-state index in [1.165, 1.54) is 6.08 Å². The highest BCUT2D eigenvalue weighted by Crippen LogP contribution is 2.69. The molecule has 0 amide bonds. The molecule has 6 nitrogen and oxygen atoms in total. The minimum absolute atomic E-state index is 0.423. The van der Waals surface area contributed by atoms with Gasteiger partial charge in [0, 0.05) is 6.42 Å². The van der Waals surface area contributed by atoms with Crippen LogP contribution in [-0.2, 0) is 15.6 Å².